The quantitative estimate of drug-likeness (QED) is 0.693. The van der Waals surface area contributed by atoms with Crippen molar-refractivity contribution in [3.8, 4) is 11.3 Å². The Morgan fingerprint density at radius 1 is 1.30 bits per heavy atom. The van der Waals surface area contributed by atoms with Crippen LogP contribution in [0.4, 0.5) is 5.69 Å². The van der Waals surface area contributed by atoms with Crippen molar-refractivity contribution in [3.05, 3.63) is 44.8 Å². The average molecular weight is 289 g/mol. The lowest BCUT2D eigenvalue weighted by Crippen LogP contribution is -2.26. The van der Waals surface area contributed by atoms with Crippen LogP contribution in [0.5, 0.6) is 0 Å². The van der Waals surface area contributed by atoms with Gasteiger partial charge in [-0.05, 0) is 31.5 Å². The molecule has 1 aromatic carbocycles. The number of hydrogen-bond donors (Lipinski definition) is 1. The standard InChI is InChI=1S/C14H15N3O2S/c18-17(19)11-6-4-10(5-7-11)13-9-20-14(16-13)12-3-1-2-8-15-12/h4-7,9,12,15H,1-3,8H2. The van der Waals surface area contributed by atoms with E-state index in [4.69, 9.17) is 0 Å². The molecule has 0 aliphatic carbocycles. The smallest absolute Gasteiger partial charge is 0.269 e. The molecule has 1 N–H and O–H groups in total. The fraction of sp³-hybridized carbons (Fsp3) is 0.357. The third-order valence-corrected chi connectivity index (χ3v) is 4.46. The Labute approximate surface area is 120 Å². The van der Waals surface area contributed by atoms with E-state index in [1.54, 1.807) is 23.5 Å². The first-order valence-corrected chi connectivity index (χ1v) is 7.55. The highest BCUT2D eigenvalue weighted by molar-refractivity contribution is 7.10. The molecule has 0 radical (unpaired) electrons. The molecule has 0 bridgehead atoms. The zero-order chi connectivity index (χ0) is 13.9. The summed E-state index contributed by atoms with van der Waals surface area (Å²) in [5.41, 5.74) is 1.93. The molecule has 104 valence electrons. The van der Waals surface area contributed by atoms with Crippen LogP contribution in [0.25, 0.3) is 11.3 Å². The molecule has 5 nitrogen and oxygen atoms in total. The van der Waals surface area contributed by atoms with Crippen molar-refractivity contribution < 1.29 is 4.92 Å². The SMILES string of the molecule is O=[N+]([O-])c1ccc(-c2csc(C3CCCCN3)n2)cc1. The number of nitro benzene ring substituents is 1. The van der Waals surface area contributed by atoms with Crippen LogP contribution in [-0.2, 0) is 0 Å². The van der Waals surface area contributed by atoms with Gasteiger partial charge in [0.1, 0.15) is 5.01 Å². The normalized spacial score (nSPS) is 18.9. The Bertz CT molecular complexity index is 603. The van der Waals surface area contributed by atoms with E-state index >= 15 is 0 Å². The Kier molecular flexibility index (Phi) is 3.75. The van der Waals surface area contributed by atoms with Gasteiger partial charge in [-0.3, -0.25) is 10.1 Å². The number of non-ortho nitro benzene ring substituents is 1. The second-order valence-corrected chi connectivity index (χ2v) is 5.77. The number of nitrogens with zero attached hydrogens (tertiary/aromatic N) is 2. The number of piperidine rings is 1. The predicted molar refractivity (Wildman–Crippen MR) is 78.8 cm³/mol. The molecule has 3 rings (SSSR count). The van der Waals surface area contributed by atoms with Gasteiger partial charge in [0.15, 0.2) is 0 Å². The molecule has 1 aromatic heterocycles. The van der Waals surface area contributed by atoms with Gasteiger partial charge in [-0.2, -0.15) is 0 Å². The predicted octanol–water partition coefficient (Wildman–Crippen LogP) is 3.53. The zero-order valence-corrected chi connectivity index (χ0v) is 11.7. The molecule has 1 saturated heterocycles. The highest BCUT2D eigenvalue weighted by Crippen LogP contribution is 2.30. The topological polar surface area (TPSA) is 68.1 Å². The van der Waals surface area contributed by atoms with Crippen LogP contribution < -0.4 is 5.32 Å². The third-order valence-electron chi connectivity index (χ3n) is 3.50. The van der Waals surface area contributed by atoms with E-state index in [0.717, 1.165) is 29.2 Å². The Hall–Kier alpha value is -1.79. The lowest BCUT2D eigenvalue weighted by atomic mass is 10.1. The Balaban J connectivity index is 1.80. The highest BCUT2D eigenvalue weighted by atomic mass is 32.1. The number of nitrogens with one attached hydrogen (secondary N) is 1. The molecular weight excluding hydrogens is 274 g/mol. The monoisotopic (exact) mass is 289 g/mol. The summed E-state index contributed by atoms with van der Waals surface area (Å²) >= 11 is 1.65. The molecule has 1 fully saturated rings. The highest BCUT2D eigenvalue weighted by Gasteiger charge is 2.18. The zero-order valence-electron chi connectivity index (χ0n) is 10.9. The van der Waals surface area contributed by atoms with E-state index < -0.39 is 0 Å². The van der Waals surface area contributed by atoms with Crippen LogP contribution in [-0.4, -0.2) is 16.5 Å². The van der Waals surface area contributed by atoms with Gasteiger partial charge < -0.3 is 5.32 Å². The summed E-state index contributed by atoms with van der Waals surface area (Å²) in [6, 6.07) is 6.91. The van der Waals surface area contributed by atoms with Gasteiger partial charge in [-0.15, -0.1) is 11.3 Å². The summed E-state index contributed by atoms with van der Waals surface area (Å²) in [7, 11) is 0. The summed E-state index contributed by atoms with van der Waals surface area (Å²) < 4.78 is 0. The van der Waals surface area contributed by atoms with Crippen molar-refractivity contribution in [2.75, 3.05) is 6.54 Å². The lowest BCUT2D eigenvalue weighted by molar-refractivity contribution is -0.384. The number of benzene rings is 1. The molecule has 0 saturated carbocycles. The van der Waals surface area contributed by atoms with Crippen molar-refractivity contribution in [2.45, 2.75) is 25.3 Å². The van der Waals surface area contributed by atoms with E-state index in [0.29, 0.717) is 6.04 Å². The van der Waals surface area contributed by atoms with E-state index in [2.05, 4.69) is 10.3 Å². The number of aromatic nitrogens is 1. The molecular formula is C14H15N3O2S. The number of nitro groups is 1. The largest absolute Gasteiger partial charge is 0.308 e. The van der Waals surface area contributed by atoms with Gasteiger partial charge in [0.05, 0.1) is 16.7 Å². The number of thiazole rings is 1. The fourth-order valence-corrected chi connectivity index (χ4v) is 3.33. The molecule has 2 aromatic rings. The second kappa shape index (κ2) is 5.68. The van der Waals surface area contributed by atoms with Gasteiger partial charge >= 0.3 is 0 Å². The van der Waals surface area contributed by atoms with Crippen LogP contribution in [0, 0.1) is 10.1 Å². The Morgan fingerprint density at radius 3 is 2.75 bits per heavy atom. The van der Waals surface area contributed by atoms with Crippen molar-refractivity contribution in [3.63, 3.8) is 0 Å². The van der Waals surface area contributed by atoms with E-state index in [-0.39, 0.29) is 10.6 Å². The summed E-state index contributed by atoms with van der Waals surface area (Å²) in [6.45, 7) is 1.05. The number of rotatable bonds is 3. The first kappa shape index (κ1) is 13.2. The summed E-state index contributed by atoms with van der Waals surface area (Å²) in [6.07, 6.45) is 3.61. The van der Waals surface area contributed by atoms with Crippen LogP contribution in [0.3, 0.4) is 0 Å². The maximum Gasteiger partial charge on any atom is 0.269 e. The molecule has 1 aliphatic heterocycles. The molecule has 2 heterocycles. The van der Waals surface area contributed by atoms with Gasteiger partial charge in [-0.1, -0.05) is 6.42 Å². The summed E-state index contributed by atoms with van der Waals surface area (Å²) in [5.74, 6) is 0. The lowest BCUT2D eigenvalue weighted by Gasteiger charge is -2.21. The van der Waals surface area contributed by atoms with Gasteiger partial charge in [0, 0.05) is 23.1 Å². The van der Waals surface area contributed by atoms with Crippen molar-refractivity contribution in [2.24, 2.45) is 0 Å². The second-order valence-electron chi connectivity index (χ2n) is 4.88. The van der Waals surface area contributed by atoms with Crippen molar-refractivity contribution in [1.29, 1.82) is 0 Å². The molecule has 0 amide bonds. The van der Waals surface area contributed by atoms with Crippen LogP contribution in [0.15, 0.2) is 29.6 Å². The minimum absolute atomic E-state index is 0.109. The molecule has 20 heavy (non-hydrogen) atoms. The van der Waals surface area contributed by atoms with Crippen molar-refractivity contribution >= 4 is 17.0 Å². The first-order valence-electron chi connectivity index (χ1n) is 6.67. The molecule has 6 heteroatoms. The van der Waals surface area contributed by atoms with Crippen LogP contribution in [0.1, 0.15) is 30.3 Å². The average Bonchev–Trinajstić information content (AvgIpc) is 2.98. The molecule has 0 spiro atoms. The third kappa shape index (κ3) is 2.71. The first-order chi connectivity index (χ1) is 9.74. The summed E-state index contributed by atoms with van der Waals surface area (Å²) in [5, 5.41) is 17.3. The van der Waals surface area contributed by atoms with E-state index in [9.17, 15) is 10.1 Å². The summed E-state index contributed by atoms with van der Waals surface area (Å²) in [4.78, 5) is 14.9. The fourth-order valence-electron chi connectivity index (χ4n) is 2.40. The maximum absolute atomic E-state index is 10.6. The van der Waals surface area contributed by atoms with Gasteiger partial charge in [0.2, 0.25) is 0 Å². The van der Waals surface area contributed by atoms with Crippen LogP contribution >= 0.6 is 11.3 Å². The molecule has 1 atom stereocenters. The number of hydrogen-bond acceptors (Lipinski definition) is 5. The van der Waals surface area contributed by atoms with E-state index in [1.807, 2.05) is 5.38 Å². The van der Waals surface area contributed by atoms with Gasteiger partial charge in [-0.25, -0.2) is 4.98 Å². The minimum Gasteiger partial charge on any atom is -0.308 e. The van der Waals surface area contributed by atoms with Crippen molar-refractivity contribution in [1.82, 2.24) is 10.3 Å². The molecule has 1 unspecified atom stereocenters. The maximum atomic E-state index is 10.6. The van der Waals surface area contributed by atoms with Crippen LogP contribution in [0.2, 0.25) is 0 Å². The van der Waals surface area contributed by atoms with Gasteiger partial charge in [0.25, 0.3) is 5.69 Å². The van der Waals surface area contributed by atoms with E-state index in [1.165, 1.54) is 25.0 Å². The molecule has 1 aliphatic rings. The minimum atomic E-state index is -0.387. The Morgan fingerprint density at radius 2 is 2.10 bits per heavy atom.